The summed E-state index contributed by atoms with van der Waals surface area (Å²) < 4.78 is 35.6. The third kappa shape index (κ3) is 11.8. The van der Waals surface area contributed by atoms with E-state index in [2.05, 4.69) is 30.4 Å². The van der Waals surface area contributed by atoms with Gasteiger partial charge in [-0.25, -0.2) is 19.2 Å². The van der Waals surface area contributed by atoms with Crippen LogP contribution >= 0.6 is 0 Å². The molecule has 0 spiro atoms. The summed E-state index contributed by atoms with van der Waals surface area (Å²) in [5.74, 6) is -4.49. The number of pyridine rings is 2. The highest BCUT2D eigenvalue weighted by molar-refractivity contribution is 6.05. The number of rotatable bonds is 0. The van der Waals surface area contributed by atoms with E-state index in [1.54, 1.807) is 133 Å². The highest BCUT2D eigenvalue weighted by Crippen LogP contribution is 2.35. The van der Waals surface area contributed by atoms with Gasteiger partial charge in [-0.05, 0) is 124 Å². The second-order valence-electron chi connectivity index (χ2n) is 22.3. The Balaban J connectivity index is 0.767. The summed E-state index contributed by atoms with van der Waals surface area (Å²) in [7, 11) is 0. The Morgan fingerprint density at radius 3 is 0.744 bits per heavy atom. The van der Waals surface area contributed by atoms with Crippen molar-refractivity contribution in [3.63, 3.8) is 0 Å². The Hall–Kier alpha value is -10.8. The summed E-state index contributed by atoms with van der Waals surface area (Å²) in [5, 5.41) is 17.2. The minimum atomic E-state index is -0.928. The van der Waals surface area contributed by atoms with Gasteiger partial charge in [0.1, 0.15) is 50.6 Å². The Morgan fingerprint density at radius 1 is 0.289 bits per heavy atom. The van der Waals surface area contributed by atoms with Gasteiger partial charge in [-0.3, -0.25) is 29.1 Å². The van der Waals surface area contributed by atoms with Crippen molar-refractivity contribution < 1.29 is 66.1 Å². The number of cyclic esters (lactones) is 4. The molecule has 8 aromatic rings. The zero-order chi connectivity index (χ0) is 61.8. The number of ether oxygens (including phenoxy) is 4. The number of hydrogen-bond donors (Lipinski definition) is 0. The first-order valence-electron chi connectivity index (χ1n) is 29.8. The second kappa shape index (κ2) is 25.5. The van der Waals surface area contributed by atoms with Crippen molar-refractivity contribution in [3.8, 4) is 45.8 Å². The number of fused-ring (bicyclic) bond motifs is 20. The summed E-state index contributed by atoms with van der Waals surface area (Å²) >= 11 is 0. The lowest BCUT2D eigenvalue weighted by atomic mass is 10.1. The van der Waals surface area contributed by atoms with Crippen molar-refractivity contribution in [3.05, 3.63) is 178 Å². The molecular formula is C66H58N10O14. The number of carbonyl (C=O) groups is 8. The molecule has 9 heterocycles. The largest absolute Gasteiger partial charge is 0.458 e. The number of amides is 4. The summed E-state index contributed by atoms with van der Waals surface area (Å²) in [5.41, 5.74) is 3.38. The van der Waals surface area contributed by atoms with Crippen LogP contribution in [0.4, 0.5) is 0 Å². The Kier molecular flexibility index (Phi) is 16.5. The molecule has 24 nitrogen and oxygen atoms in total. The third-order valence-corrected chi connectivity index (χ3v) is 16.7. The molecule has 0 aliphatic carbocycles. The third-order valence-electron chi connectivity index (χ3n) is 16.7. The highest BCUT2D eigenvalue weighted by atomic mass is 16.5. The zero-order valence-electron chi connectivity index (χ0n) is 48.5. The van der Waals surface area contributed by atoms with Crippen molar-refractivity contribution in [1.82, 2.24) is 50.0 Å². The Bertz CT molecular complexity index is 3620. The standard InChI is InChI=1S/C66H58N10O14/c77-59-47-23-5-1-19-43(47)55-69-70-56(89-55)44-20-2-6-24-48(44)60(78)74-32-12-28-52(74)64(82)86-37-41-17-10-18-42(68-41)38-88-66(84)54-30-14-34-76(54)62(80)50-26-8-4-22-46(50)58-72-71-57(90-58)45-21-3-7-25-49(45)61(79)75-33-13-29-53(75)65(83)87-36-40-16-9-15-39(67-40)35-85-63(81)51-27-11-31-73(51)59/h1-10,15-26,51-54H,11-14,27-38H2/t51-,52-,53-,54-/m0/s1. The maximum atomic E-state index is 14.5. The average Bonchev–Trinajstić information content (AvgIpc) is 2.42. The molecule has 0 saturated carbocycles. The number of carbonyl (C=O) groups excluding carboxylic acids is 8. The average molecular weight is 1220 g/mol. The zero-order valence-corrected chi connectivity index (χ0v) is 48.5. The van der Waals surface area contributed by atoms with E-state index in [4.69, 9.17) is 27.8 Å². The molecule has 4 aromatic heterocycles. The lowest BCUT2D eigenvalue weighted by molar-refractivity contribution is -0.150. The molecule has 0 N–H and O–H groups in total. The molecule has 4 saturated heterocycles. The first-order valence-corrected chi connectivity index (χ1v) is 29.8. The van der Waals surface area contributed by atoms with E-state index >= 15 is 0 Å². The number of esters is 4. The van der Waals surface area contributed by atoms with Crippen molar-refractivity contribution in [2.75, 3.05) is 26.2 Å². The fraction of sp³-hybridized carbons (Fsp3) is 0.303. The first kappa shape index (κ1) is 58.2. The Labute approximate surface area is 514 Å². The maximum absolute atomic E-state index is 14.5. The van der Waals surface area contributed by atoms with Crippen LogP contribution in [0.5, 0.6) is 0 Å². The van der Waals surface area contributed by atoms with Gasteiger partial charge in [-0.1, -0.05) is 60.7 Å². The fourth-order valence-corrected chi connectivity index (χ4v) is 12.3. The van der Waals surface area contributed by atoms with Gasteiger partial charge in [0.15, 0.2) is 0 Å². The van der Waals surface area contributed by atoms with Gasteiger partial charge < -0.3 is 47.4 Å². The lowest BCUT2D eigenvalue weighted by Crippen LogP contribution is -2.41. The molecule has 0 unspecified atom stereocenters. The second-order valence-corrected chi connectivity index (χ2v) is 22.3. The van der Waals surface area contributed by atoms with Crippen molar-refractivity contribution in [2.24, 2.45) is 0 Å². The molecular weight excluding hydrogens is 1160 g/mol. The van der Waals surface area contributed by atoms with E-state index in [1.807, 2.05) is 0 Å². The molecule has 4 fully saturated rings. The highest BCUT2D eigenvalue weighted by Gasteiger charge is 2.41. The van der Waals surface area contributed by atoms with E-state index in [1.165, 1.54) is 19.6 Å². The van der Waals surface area contributed by atoms with Gasteiger partial charge in [0.05, 0.1) is 67.3 Å². The van der Waals surface area contributed by atoms with E-state index in [-0.39, 0.29) is 98.4 Å². The van der Waals surface area contributed by atoms with E-state index in [0.29, 0.717) is 96.4 Å². The van der Waals surface area contributed by atoms with E-state index < -0.39 is 71.7 Å². The van der Waals surface area contributed by atoms with Crippen LogP contribution in [0.2, 0.25) is 0 Å². The van der Waals surface area contributed by atoms with E-state index in [0.717, 1.165) is 0 Å². The summed E-state index contributed by atoms with van der Waals surface area (Å²) in [6.45, 7) is 0.0812. The maximum Gasteiger partial charge on any atom is 0.329 e. The molecule has 5 aliphatic heterocycles. The molecule has 5 aliphatic rings. The van der Waals surface area contributed by atoms with Crippen LogP contribution in [0.3, 0.4) is 0 Å². The molecule has 0 radical (unpaired) electrons. The molecule has 456 valence electrons. The van der Waals surface area contributed by atoms with Crippen LogP contribution in [0.25, 0.3) is 45.8 Å². The van der Waals surface area contributed by atoms with Gasteiger partial charge in [0.2, 0.25) is 23.6 Å². The van der Waals surface area contributed by atoms with Crippen LogP contribution in [0.1, 0.15) is 116 Å². The number of nitrogens with zero attached hydrogens (tertiary/aromatic N) is 10. The monoisotopic (exact) mass is 1210 g/mol. The summed E-state index contributed by atoms with van der Waals surface area (Å²) in [6, 6.07) is 32.8. The van der Waals surface area contributed by atoms with Crippen molar-refractivity contribution in [1.29, 1.82) is 0 Å². The van der Waals surface area contributed by atoms with Crippen LogP contribution in [-0.2, 0) is 64.6 Å². The van der Waals surface area contributed by atoms with Crippen LogP contribution in [0, 0.1) is 0 Å². The van der Waals surface area contributed by atoms with Crippen LogP contribution < -0.4 is 0 Å². The van der Waals surface area contributed by atoms with E-state index in [9.17, 15) is 38.4 Å². The minimum Gasteiger partial charge on any atom is -0.458 e. The van der Waals surface area contributed by atoms with Gasteiger partial charge in [-0.2, -0.15) is 0 Å². The molecule has 8 bridgehead atoms. The van der Waals surface area contributed by atoms with Gasteiger partial charge in [0.25, 0.3) is 23.6 Å². The van der Waals surface area contributed by atoms with Crippen molar-refractivity contribution >= 4 is 47.5 Å². The van der Waals surface area contributed by atoms with Gasteiger partial charge in [0, 0.05) is 26.2 Å². The minimum absolute atomic E-state index is 0.0153. The fourth-order valence-electron chi connectivity index (χ4n) is 12.3. The molecule has 4 aromatic carbocycles. The molecule has 24 heteroatoms. The first-order chi connectivity index (χ1) is 43.9. The predicted molar refractivity (Wildman–Crippen MR) is 314 cm³/mol. The number of benzene rings is 4. The van der Waals surface area contributed by atoms with Crippen LogP contribution in [0.15, 0.2) is 142 Å². The quantitative estimate of drug-likeness (QED) is 0.104. The summed E-state index contributed by atoms with van der Waals surface area (Å²) in [6.07, 6.45) is 3.47. The predicted octanol–water partition coefficient (Wildman–Crippen LogP) is 7.62. The normalized spacial score (nSPS) is 20.6. The SMILES string of the molecule is O=C1OCc2cccc(n2)COC(=O)[C@@H]2CCCN2C(=O)c2ccccc2-c2nnc(o2)-c2ccccc2C(=O)N2CCC[C@H]2C(=O)OCc2cccc(n2)COC(=O)[C@@H]2CCCN2C(=O)c2ccccc2-c2nnc(o2)-c2ccccc2C(=O)N2CCC[C@@H]12. The number of aromatic nitrogens is 6. The molecule has 4 amide bonds. The topological polar surface area (TPSA) is 290 Å². The van der Waals surface area contributed by atoms with Crippen molar-refractivity contribution in [2.45, 2.75) is 102 Å². The molecule has 13 rings (SSSR count). The van der Waals surface area contributed by atoms with Gasteiger partial charge in [-0.15, -0.1) is 20.4 Å². The smallest absolute Gasteiger partial charge is 0.329 e. The number of hydrogen-bond acceptors (Lipinski definition) is 20. The molecule has 90 heavy (non-hydrogen) atoms. The Morgan fingerprint density at radius 2 is 0.511 bits per heavy atom. The van der Waals surface area contributed by atoms with Gasteiger partial charge >= 0.3 is 23.9 Å². The van der Waals surface area contributed by atoms with Crippen LogP contribution in [-0.4, -0.2) is 148 Å². The summed E-state index contributed by atoms with van der Waals surface area (Å²) in [4.78, 5) is 128. The lowest BCUT2D eigenvalue weighted by Gasteiger charge is -2.24. The molecule has 4 atom stereocenters.